The second-order valence-electron chi connectivity index (χ2n) is 5.69. The molecule has 132 valence electrons. The zero-order valence-electron chi connectivity index (χ0n) is 14.4. The monoisotopic (exact) mass is 351 g/mol. The summed E-state index contributed by atoms with van der Waals surface area (Å²) < 4.78 is 18.1. The van der Waals surface area contributed by atoms with Crippen LogP contribution in [-0.2, 0) is 6.61 Å². The van der Waals surface area contributed by atoms with Crippen molar-refractivity contribution in [1.82, 2.24) is 9.55 Å². The van der Waals surface area contributed by atoms with Gasteiger partial charge in [-0.15, -0.1) is 0 Å². The first-order chi connectivity index (χ1) is 12.7. The van der Waals surface area contributed by atoms with E-state index in [4.69, 9.17) is 14.2 Å². The molecule has 4 rings (SSSR count). The van der Waals surface area contributed by atoms with Crippen LogP contribution in [0, 0.1) is 0 Å². The van der Waals surface area contributed by atoms with Crippen LogP contribution in [0.3, 0.4) is 0 Å². The minimum absolute atomic E-state index is 0.283. The number of hydrogen-bond donors (Lipinski definition) is 1. The molecule has 1 aliphatic heterocycles. The number of methoxy groups -OCH3 is 2. The van der Waals surface area contributed by atoms with Gasteiger partial charge in [-0.25, -0.2) is 4.98 Å². The van der Waals surface area contributed by atoms with Gasteiger partial charge in [0, 0.05) is 11.8 Å². The number of rotatable bonds is 4. The summed E-state index contributed by atoms with van der Waals surface area (Å²) in [7, 11) is 3.11. The molecule has 0 fully saturated rings. The lowest BCUT2D eigenvalue weighted by molar-refractivity contribution is 0.101. The van der Waals surface area contributed by atoms with E-state index in [0.29, 0.717) is 28.6 Å². The van der Waals surface area contributed by atoms with Crippen molar-refractivity contribution in [2.45, 2.75) is 6.61 Å². The first-order valence-electron chi connectivity index (χ1n) is 8.03. The number of fused-ring (bicyclic) bond motifs is 3. The maximum absolute atomic E-state index is 12.7. The van der Waals surface area contributed by atoms with Gasteiger partial charge in [-0.3, -0.25) is 9.36 Å². The molecule has 0 saturated carbocycles. The number of para-hydroxylation sites is 2. The molecule has 1 N–H and O–H groups in total. The van der Waals surface area contributed by atoms with Crippen molar-refractivity contribution in [3.8, 4) is 22.9 Å². The van der Waals surface area contributed by atoms with E-state index in [-0.39, 0.29) is 12.5 Å². The first kappa shape index (κ1) is 16.0. The highest BCUT2D eigenvalue weighted by atomic mass is 16.5. The maximum Gasteiger partial charge on any atom is 0.276 e. The highest BCUT2D eigenvalue weighted by Crippen LogP contribution is 2.32. The quantitative estimate of drug-likeness (QED) is 0.782. The molecule has 3 aromatic rings. The van der Waals surface area contributed by atoms with Crippen LogP contribution >= 0.6 is 0 Å². The number of benzene rings is 2. The molecule has 0 radical (unpaired) electrons. The molecule has 0 bridgehead atoms. The van der Waals surface area contributed by atoms with Crippen LogP contribution in [0.1, 0.15) is 16.2 Å². The molecule has 0 aliphatic carbocycles. The number of aromatic nitrogens is 2. The van der Waals surface area contributed by atoms with E-state index >= 15 is 0 Å². The van der Waals surface area contributed by atoms with Gasteiger partial charge in [0.15, 0.2) is 17.2 Å². The van der Waals surface area contributed by atoms with E-state index in [2.05, 4.69) is 10.3 Å². The predicted octanol–water partition coefficient (Wildman–Crippen LogP) is 3.03. The fraction of sp³-hybridized carbons (Fsp3) is 0.158. The van der Waals surface area contributed by atoms with Crippen molar-refractivity contribution < 1.29 is 19.0 Å². The van der Waals surface area contributed by atoms with Gasteiger partial charge >= 0.3 is 0 Å². The molecule has 26 heavy (non-hydrogen) atoms. The Hall–Kier alpha value is -3.48. The molecular weight excluding hydrogens is 334 g/mol. The summed E-state index contributed by atoms with van der Waals surface area (Å²) in [6.07, 6.45) is 1.64. The van der Waals surface area contributed by atoms with Gasteiger partial charge in [0.25, 0.3) is 5.91 Å². The van der Waals surface area contributed by atoms with Crippen LogP contribution in [0.5, 0.6) is 17.2 Å². The van der Waals surface area contributed by atoms with Crippen molar-refractivity contribution >= 4 is 11.6 Å². The summed E-state index contributed by atoms with van der Waals surface area (Å²) in [6, 6.07) is 12.8. The Morgan fingerprint density at radius 1 is 1.15 bits per heavy atom. The second-order valence-corrected chi connectivity index (χ2v) is 5.69. The Morgan fingerprint density at radius 3 is 2.77 bits per heavy atom. The topological polar surface area (TPSA) is 74.6 Å². The van der Waals surface area contributed by atoms with Crippen molar-refractivity contribution in [3.05, 3.63) is 60.2 Å². The van der Waals surface area contributed by atoms with Gasteiger partial charge in [-0.1, -0.05) is 12.1 Å². The highest BCUT2D eigenvalue weighted by molar-refractivity contribution is 6.04. The average molecular weight is 351 g/mol. The van der Waals surface area contributed by atoms with Crippen molar-refractivity contribution in [2.75, 3.05) is 19.5 Å². The summed E-state index contributed by atoms with van der Waals surface area (Å²) >= 11 is 0. The summed E-state index contributed by atoms with van der Waals surface area (Å²) in [4.78, 5) is 17.0. The Bertz CT molecular complexity index is 981. The molecule has 0 atom stereocenters. The number of nitrogens with zero attached hydrogens (tertiary/aromatic N) is 2. The van der Waals surface area contributed by atoms with Gasteiger partial charge < -0.3 is 19.5 Å². The second kappa shape index (κ2) is 6.44. The first-order valence-corrected chi connectivity index (χ1v) is 8.03. The third-order valence-corrected chi connectivity index (χ3v) is 4.21. The molecule has 7 nitrogen and oxygen atoms in total. The standard InChI is InChI=1S/C19H17N3O4/c1-24-16-8-7-12(9-17(16)25-2)21-19(23)18-14-10-26-15-6-4-3-5-13(15)22(14)11-20-18/h3-9,11H,10H2,1-2H3,(H,21,23). The van der Waals surface area contributed by atoms with Crippen LogP contribution in [0.4, 0.5) is 5.69 Å². The summed E-state index contributed by atoms with van der Waals surface area (Å²) in [5, 5.41) is 2.84. The van der Waals surface area contributed by atoms with Gasteiger partial charge in [0.05, 0.1) is 25.6 Å². The van der Waals surface area contributed by atoms with Crippen LogP contribution in [0.25, 0.3) is 5.69 Å². The zero-order valence-corrected chi connectivity index (χ0v) is 14.4. The highest BCUT2D eigenvalue weighted by Gasteiger charge is 2.24. The Morgan fingerprint density at radius 2 is 1.96 bits per heavy atom. The van der Waals surface area contributed by atoms with Gasteiger partial charge in [0.1, 0.15) is 18.7 Å². The fourth-order valence-electron chi connectivity index (χ4n) is 2.94. The largest absolute Gasteiger partial charge is 0.493 e. The molecule has 0 saturated heterocycles. The van der Waals surface area contributed by atoms with E-state index in [0.717, 1.165) is 11.4 Å². The normalized spacial score (nSPS) is 11.8. The maximum atomic E-state index is 12.7. The summed E-state index contributed by atoms with van der Waals surface area (Å²) in [5.41, 5.74) is 2.49. The Balaban J connectivity index is 1.62. The molecule has 2 aromatic carbocycles. The number of nitrogens with one attached hydrogen (secondary N) is 1. The van der Waals surface area contributed by atoms with Crippen LogP contribution in [0.2, 0.25) is 0 Å². The van der Waals surface area contributed by atoms with Crippen LogP contribution in [0.15, 0.2) is 48.8 Å². The van der Waals surface area contributed by atoms with E-state index in [9.17, 15) is 4.79 Å². The molecule has 1 aromatic heterocycles. The molecule has 1 amide bonds. The molecule has 2 heterocycles. The zero-order chi connectivity index (χ0) is 18.1. The van der Waals surface area contributed by atoms with Crippen molar-refractivity contribution in [2.24, 2.45) is 0 Å². The Kier molecular flexibility index (Phi) is 3.96. The molecule has 1 aliphatic rings. The molecular formula is C19H17N3O4. The minimum atomic E-state index is -0.311. The third kappa shape index (κ3) is 2.63. The SMILES string of the molecule is COc1ccc(NC(=O)c2ncn3c2COc2ccccc2-3)cc1OC. The predicted molar refractivity (Wildman–Crippen MR) is 95.4 cm³/mol. The lowest BCUT2D eigenvalue weighted by Gasteiger charge is -2.20. The molecule has 0 spiro atoms. The van der Waals surface area contributed by atoms with Gasteiger partial charge in [0.2, 0.25) is 0 Å². The molecule has 0 unspecified atom stereocenters. The van der Waals surface area contributed by atoms with E-state index in [1.165, 1.54) is 0 Å². The van der Waals surface area contributed by atoms with E-state index in [1.54, 1.807) is 38.7 Å². The number of anilines is 1. The average Bonchev–Trinajstić information content (AvgIpc) is 3.12. The van der Waals surface area contributed by atoms with Crippen molar-refractivity contribution in [1.29, 1.82) is 0 Å². The van der Waals surface area contributed by atoms with Gasteiger partial charge in [-0.05, 0) is 24.3 Å². The number of carbonyl (C=O) groups is 1. The third-order valence-electron chi connectivity index (χ3n) is 4.21. The lowest BCUT2D eigenvalue weighted by atomic mass is 10.2. The van der Waals surface area contributed by atoms with Gasteiger partial charge in [-0.2, -0.15) is 0 Å². The summed E-state index contributed by atoms with van der Waals surface area (Å²) in [5.74, 6) is 1.59. The Labute approximate surface area is 150 Å². The van der Waals surface area contributed by atoms with Crippen molar-refractivity contribution in [3.63, 3.8) is 0 Å². The number of hydrogen-bond acceptors (Lipinski definition) is 5. The lowest BCUT2D eigenvalue weighted by Crippen LogP contribution is -2.19. The number of carbonyl (C=O) groups excluding carboxylic acids is 1. The smallest absolute Gasteiger partial charge is 0.276 e. The van der Waals surface area contributed by atoms with Crippen LogP contribution < -0.4 is 19.5 Å². The number of amides is 1. The molecule has 7 heteroatoms. The number of ether oxygens (including phenoxy) is 3. The van der Waals surface area contributed by atoms with E-state index < -0.39 is 0 Å². The van der Waals surface area contributed by atoms with E-state index in [1.807, 2.05) is 28.8 Å². The minimum Gasteiger partial charge on any atom is -0.493 e. The fourth-order valence-corrected chi connectivity index (χ4v) is 2.94. The summed E-state index contributed by atoms with van der Waals surface area (Å²) in [6.45, 7) is 0.283. The number of imidazole rings is 1. The van der Waals surface area contributed by atoms with Crippen LogP contribution in [-0.4, -0.2) is 29.7 Å².